The maximum absolute atomic E-state index is 11.6. The van der Waals surface area contributed by atoms with Crippen molar-refractivity contribution in [1.29, 1.82) is 0 Å². The summed E-state index contributed by atoms with van der Waals surface area (Å²) in [6.07, 6.45) is 2.84. The van der Waals surface area contributed by atoms with Crippen LogP contribution in [0.25, 0.3) is 0 Å². The molecule has 2 aliphatic rings. The van der Waals surface area contributed by atoms with Gasteiger partial charge in [0.1, 0.15) is 11.6 Å². The lowest BCUT2D eigenvalue weighted by atomic mass is 9.79. The third kappa shape index (κ3) is 3.27. The van der Waals surface area contributed by atoms with Gasteiger partial charge < -0.3 is 14.5 Å². The van der Waals surface area contributed by atoms with Crippen LogP contribution in [0.2, 0.25) is 0 Å². The van der Waals surface area contributed by atoms with Gasteiger partial charge in [0.05, 0.1) is 25.0 Å². The molecule has 1 spiro atoms. The third-order valence-corrected chi connectivity index (χ3v) is 5.52. The number of likely N-dealkylation sites (tertiary alicyclic amines) is 1. The molecule has 6 heteroatoms. The lowest BCUT2D eigenvalue weighted by Crippen LogP contribution is -2.46. The first-order valence-electron chi connectivity index (χ1n) is 9.18. The molecule has 1 fully saturated rings. The Morgan fingerprint density at radius 1 is 1.31 bits per heavy atom. The molecule has 1 N–H and O–H groups in total. The predicted molar refractivity (Wildman–Crippen MR) is 98.4 cm³/mol. The van der Waals surface area contributed by atoms with Gasteiger partial charge in [-0.1, -0.05) is 6.07 Å². The van der Waals surface area contributed by atoms with Gasteiger partial charge in [0, 0.05) is 25.7 Å². The number of nitrogens with zero attached hydrogens (tertiary/aromatic N) is 2. The molecule has 138 valence electrons. The van der Waals surface area contributed by atoms with E-state index < -0.39 is 0 Å². The number of rotatable bonds is 3. The molecule has 2 aromatic rings. The highest BCUT2D eigenvalue weighted by molar-refractivity contribution is 5.41. The molecule has 0 amide bonds. The fourth-order valence-corrected chi connectivity index (χ4v) is 4.22. The van der Waals surface area contributed by atoms with E-state index in [0.29, 0.717) is 12.4 Å². The second kappa shape index (κ2) is 6.85. The first-order valence-corrected chi connectivity index (χ1v) is 9.18. The number of nitrogens with one attached hydrogen (secondary N) is 1. The Balaban J connectivity index is 1.49. The van der Waals surface area contributed by atoms with Crippen LogP contribution in [0.4, 0.5) is 0 Å². The summed E-state index contributed by atoms with van der Waals surface area (Å²) in [6, 6.07) is 7.94. The van der Waals surface area contributed by atoms with E-state index in [0.717, 1.165) is 50.4 Å². The monoisotopic (exact) mass is 355 g/mol. The zero-order valence-electron chi connectivity index (χ0n) is 15.4. The number of H-pyrrole nitrogens is 1. The van der Waals surface area contributed by atoms with Crippen LogP contribution < -0.4 is 10.3 Å². The van der Waals surface area contributed by atoms with Crippen molar-refractivity contribution in [3.05, 3.63) is 57.3 Å². The molecule has 3 heterocycles. The molecule has 26 heavy (non-hydrogen) atoms. The van der Waals surface area contributed by atoms with E-state index in [1.165, 1.54) is 11.1 Å². The number of hydrogen-bond donors (Lipinski definition) is 1. The predicted octanol–water partition coefficient (Wildman–Crippen LogP) is 2.15. The topological polar surface area (TPSA) is 67.5 Å². The molecule has 0 atom stereocenters. The molecular formula is C20H25N3O3. The number of ether oxygens (including phenoxy) is 2. The normalized spacial score (nSPS) is 19.3. The molecule has 0 bridgehead atoms. The Labute approximate surface area is 153 Å². The van der Waals surface area contributed by atoms with Crippen LogP contribution in [0.3, 0.4) is 0 Å². The van der Waals surface area contributed by atoms with E-state index in [4.69, 9.17) is 9.47 Å². The number of aromatic nitrogens is 2. The van der Waals surface area contributed by atoms with Crippen LogP contribution >= 0.6 is 0 Å². The maximum atomic E-state index is 11.6. The number of benzene rings is 1. The molecule has 0 unspecified atom stereocenters. The molecule has 4 rings (SSSR count). The Hall–Kier alpha value is -2.18. The summed E-state index contributed by atoms with van der Waals surface area (Å²) >= 11 is 0. The van der Waals surface area contributed by atoms with Gasteiger partial charge in [0.2, 0.25) is 0 Å². The van der Waals surface area contributed by atoms with Gasteiger partial charge in [-0.15, -0.1) is 0 Å². The summed E-state index contributed by atoms with van der Waals surface area (Å²) in [7, 11) is 1.71. The van der Waals surface area contributed by atoms with Crippen molar-refractivity contribution in [2.75, 3.05) is 26.8 Å². The minimum Gasteiger partial charge on any atom is -0.497 e. The first-order chi connectivity index (χ1) is 12.6. The van der Waals surface area contributed by atoms with Gasteiger partial charge >= 0.3 is 0 Å². The quantitative estimate of drug-likeness (QED) is 0.914. The maximum Gasteiger partial charge on any atom is 0.251 e. The van der Waals surface area contributed by atoms with Crippen LogP contribution in [0.1, 0.15) is 35.5 Å². The van der Waals surface area contributed by atoms with Crippen molar-refractivity contribution in [3.8, 4) is 5.75 Å². The van der Waals surface area contributed by atoms with E-state index in [9.17, 15) is 4.79 Å². The van der Waals surface area contributed by atoms with Crippen molar-refractivity contribution in [1.82, 2.24) is 14.9 Å². The van der Waals surface area contributed by atoms with Gasteiger partial charge in [-0.05, 0) is 49.4 Å². The fraction of sp³-hybridized carbons (Fsp3) is 0.500. The summed E-state index contributed by atoms with van der Waals surface area (Å²) in [4.78, 5) is 21.1. The number of aromatic amines is 1. The van der Waals surface area contributed by atoms with Crippen molar-refractivity contribution in [3.63, 3.8) is 0 Å². The largest absolute Gasteiger partial charge is 0.497 e. The first kappa shape index (κ1) is 17.2. The van der Waals surface area contributed by atoms with Crippen LogP contribution in [0.15, 0.2) is 29.1 Å². The highest BCUT2D eigenvalue weighted by Crippen LogP contribution is 2.42. The molecular weight excluding hydrogens is 330 g/mol. The number of fused-ring (bicyclic) bond motifs is 2. The molecule has 2 aliphatic heterocycles. The molecule has 1 aromatic heterocycles. The van der Waals surface area contributed by atoms with Gasteiger partial charge in [0.25, 0.3) is 5.56 Å². The summed E-state index contributed by atoms with van der Waals surface area (Å²) in [5.41, 5.74) is 3.22. The number of methoxy groups -OCH3 is 1. The Morgan fingerprint density at radius 3 is 2.85 bits per heavy atom. The molecule has 0 saturated carbocycles. The zero-order valence-corrected chi connectivity index (χ0v) is 15.4. The molecule has 0 radical (unpaired) electrons. The summed E-state index contributed by atoms with van der Waals surface area (Å²) < 4.78 is 11.7. The SMILES string of the molecule is COc1ccc2c(c1)CCOC21CCN(Cc2cc(=O)[nH]c(C)n2)CC1. The van der Waals surface area contributed by atoms with E-state index in [1.54, 1.807) is 13.2 Å². The minimum atomic E-state index is -0.187. The summed E-state index contributed by atoms with van der Waals surface area (Å²) in [5.74, 6) is 1.58. The molecule has 6 nitrogen and oxygen atoms in total. The smallest absolute Gasteiger partial charge is 0.251 e. The van der Waals surface area contributed by atoms with Gasteiger partial charge in [-0.25, -0.2) is 4.98 Å². The van der Waals surface area contributed by atoms with E-state index in [1.807, 2.05) is 13.0 Å². The summed E-state index contributed by atoms with van der Waals surface area (Å²) in [6.45, 7) is 5.14. The average molecular weight is 355 g/mol. The van der Waals surface area contributed by atoms with E-state index in [-0.39, 0.29) is 11.2 Å². The van der Waals surface area contributed by atoms with Gasteiger partial charge in [-0.3, -0.25) is 9.69 Å². The Kier molecular flexibility index (Phi) is 4.54. The fourth-order valence-electron chi connectivity index (χ4n) is 4.22. The van der Waals surface area contributed by atoms with Crippen LogP contribution in [0, 0.1) is 6.92 Å². The Morgan fingerprint density at radius 2 is 2.12 bits per heavy atom. The third-order valence-electron chi connectivity index (χ3n) is 5.52. The Bertz CT molecular complexity index is 854. The van der Waals surface area contributed by atoms with Crippen molar-refractivity contribution < 1.29 is 9.47 Å². The number of aryl methyl sites for hydroxylation is 1. The standard InChI is InChI=1S/C20H25N3O3/c1-14-21-16(12-19(24)22-14)13-23-8-6-20(7-9-23)18-4-3-17(25-2)11-15(18)5-10-26-20/h3-4,11-12H,5-10,13H2,1-2H3,(H,21,22,24). The van der Waals surface area contributed by atoms with Crippen LogP contribution in [-0.4, -0.2) is 41.7 Å². The second-order valence-electron chi connectivity index (χ2n) is 7.21. The summed E-state index contributed by atoms with van der Waals surface area (Å²) in [5, 5.41) is 0. The molecule has 1 aromatic carbocycles. The van der Waals surface area contributed by atoms with Crippen molar-refractivity contribution >= 4 is 0 Å². The second-order valence-corrected chi connectivity index (χ2v) is 7.21. The van der Waals surface area contributed by atoms with E-state index >= 15 is 0 Å². The lowest BCUT2D eigenvalue weighted by Gasteiger charge is -2.45. The lowest BCUT2D eigenvalue weighted by molar-refractivity contribution is -0.0990. The minimum absolute atomic E-state index is 0.0838. The zero-order chi connectivity index (χ0) is 18.1. The van der Waals surface area contributed by atoms with Crippen molar-refractivity contribution in [2.45, 2.75) is 38.3 Å². The van der Waals surface area contributed by atoms with Crippen LogP contribution in [0.5, 0.6) is 5.75 Å². The van der Waals surface area contributed by atoms with Gasteiger partial charge in [-0.2, -0.15) is 0 Å². The van der Waals surface area contributed by atoms with E-state index in [2.05, 4.69) is 27.0 Å². The number of hydrogen-bond acceptors (Lipinski definition) is 5. The average Bonchev–Trinajstić information content (AvgIpc) is 2.63. The van der Waals surface area contributed by atoms with Crippen molar-refractivity contribution in [2.24, 2.45) is 0 Å². The highest BCUT2D eigenvalue weighted by Gasteiger charge is 2.40. The highest BCUT2D eigenvalue weighted by atomic mass is 16.5. The molecule has 1 saturated heterocycles. The molecule has 0 aliphatic carbocycles. The van der Waals surface area contributed by atoms with Gasteiger partial charge in [0.15, 0.2) is 0 Å². The number of piperidine rings is 1. The van der Waals surface area contributed by atoms with Crippen LogP contribution in [-0.2, 0) is 23.3 Å².